The summed E-state index contributed by atoms with van der Waals surface area (Å²) in [5.41, 5.74) is 1.53. The fourth-order valence-electron chi connectivity index (χ4n) is 1.70. The summed E-state index contributed by atoms with van der Waals surface area (Å²) in [6.45, 7) is 1.98. The van der Waals surface area contributed by atoms with Crippen LogP contribution in [0.15, 0.2) is 40.6 Å². The molecule has 0 saturated carbocycles. The molecule has 1 heterocycles. The zero-order valence-corrected chi connectivity index (χ0v) is 11.8. The van der Waals surface area contributed by atoms with Gasteiger partial charge >= 0.3 is 0 Å². The Morgan fingerprint density at radius 1 is 1.17 bits per heavy atom. The number of rotatable bonds is 3. The van der Waals surface area contributed by atoms with Crippen LogP contribution in [0, 0.1) is 6.92 Å². The van der Waals surface area contributed by atoms with Gasteiger partial charge in [-0.1, -0.05) is 12.1 Å². The SMILES string of the molecule is Cc1cc(C(O)c2ccc(S(C)(=O)=O)cc2)cs1. The number of hydrogen-bond donors (Lipinski definition) is 1. The molecule has 1 atom stereocenters. The lowest BCUT2D eigenvalue weighted by Crippen LogP contribution is -2.00. The maximum atomic E-state index is 11.3. The molecule has 0 aliphatic heterocycles. The van der Waals surface area contributed by atoms with Crippen LogP contribution < -0.4 is 0 Å². The standard InChI is InChI=1S/C13H14O3S2/c1-9-7-11(8-17-9)13(14)10-3-5-12(6-4-10)18(2,15)16/h3-8,13-14H,1-2H3. The quantitative estimate of drug-likeness (QED) is 0.941. The molecule has 2 rings (SSSR count). The topological polar surface area (TPSA) is 54.4 Å². The molecule has 0 amide bonds. The minimum Gasteiger partial charge on any atom is -0.384 e. The highest BCUT2D eigenvalue weighted by atomic mass is 32.2. The van der Waals surface area contributed by atoms with Crippen molar-refractivity contribution >= 4 is 21.2 Å². The summed E-state index contributed by atoms with van der Waals surface area (Å²) in [5.74, 6) is 0. The maximum Gasteiger partial charge on any atom is 0.175 e. The number of thiophene rings is 1. The van der Waals surface area contributed by atoms with Gasteiger partial charge < -0.3 is 5.11 Å². The Hall–Kier alpha value is -1.17. The van der Waals surface area contributed by atoms with Crippen molar-refractivity contribution in [3.8, 4) is 0 Å². The van der Waals surface area contributed by atoms with Gasteiger partial charge in [0.15, 0.2) is 9.84 Å². The molecule has 0 saturated heterocycles. The summed E-state index contributed by atoms with van der Waals surface area (Å²) in [4.78, 5) is 1.40. The third-order valence-corrected chi connectivity index (χ3v) is 4.70. The van der Waals surface area contributed by atoms with Crippen LogP contribution in [0.25, 0.3) is 0 Å². The first-order valence-electron chi connectivity index (χ1n) is 5.41. The average Bonchev–Trinajstić information content (AvgIpc) is 2.74. The molecule has 5 heteroatoms. The zero-order valence-electron chi connectivity index (χ0n) is 10.1. The molecular weight excluding hydrogens is 268 g/mol. The molecule has 0 aliphatic carbocycles. The van der Waals surface area contributed by atoms with Crippen molar-refractivity contribution in [1.82, 2.24) is 0 Å². The first-order chi connectivity index (χ1) is 8.38. The van der Waals surface area contributed by atoms with Crippen LogP contribution in [0.4, 0.5) is 0 Å². The summed E-state index contributed by atoms with van der Waals surface area (Å²) >= 11 is 1.58. The van der Waals surface area contributed by atoms with Gasteiger partial charge in [0, 0.05) is 11.1 Å². The first-order valence-corrected chi connectivity index (χ1v) is 8.18. The largest absolute Gasteiger partial charge is 0.384 e. The number of aliphatic hydroxyl groups excluding tert-OH is 1. The second kappa shape index (κ2) is 4.84. The van der Waals surface area contributed by atoms with Crippen LogP contribution in [0.5, 0.6) is 0 Å². The zero-order chi connectivity index (χ0) is 13.3. The van der Waals surface area contributed by atoms with Gasteiger partial charge in [-0.25, -0.2) is 8.42 Å². The smallest absolute Gasteiger partial charge is 0.175 e. The fourth-order valence-corrected chi connectivity index (χ4v) is 3.05. The Morgan fingerprint density at radius 3 is 2.22 bits per heavy atom. The second-order valence-electron chi connectivity index (χ2n) is 4.23. The van der Waals surface area contributed by atoms with E-state index < -0.39 is 15.9 Å². The monoisotopic (exact) mass is 282 g/mol. The van der Waals surface area contributed by atoms with E-state index in [0.29, 0.717) is 5.56 Å². The van der Waals surface area contributed by atoms with Crippen LogP contribution in [-0.4, -0.2) is 19.8 Å². The van der Waals surface area contributed by atoms with E-state index in [9.17, 15) is 13.5 Å². The summed E-state index contributed by atoms with van der Waals surface area (Å²) < 4.78 is 22.7. The van der Waals surface area contributed by atoms with E-state index in [4.69, 9.17) is 0 Å². The van der Waals surface area contributed by atoms with Gasteiger partial charge in [-0.3, -0.25) is 0 Å². The minimum absolute atomic E-state index is 0.264. The van der Waals surface area contributed by atoms with Gasteiger partial charge in [-0.2, -0.15) is 0 Å². The Morgan fingerprint density at radius 2 is 1.78 bits per heavy atom. The van der Waals surface area contributed by atoms with Crippen LogP contribution in [-0.2, 0) is 9.84 Å². The normalized spacial score (nSPS) is 13.5. The number of hydrogen-bond acceptors (Lipinski definition) is 4. The van der Waals surface area contributed by atoms with Gasteiger partial charge in [-0.15, -0.1) is 11.3 Å². The van der Waals surface area contributed by atoms with Crippen molar-refractivity contribution in [2.75, 3.05) is 6.26 Å². The van der Waals surface area contributed by atoms with E-state index >= 15 is 0 Å². The van der Waals surface area contributed by atoms with E-state index in [-0.39, 0.29) is 4.90 Å². The van der Waals surface area contributed by atoms with Crippen LogP contribution >= 0.6 is 11.3 Å². The number of sulfone groups is 1. The van der Waals surface area contributed by atoms with Gasteiger partial charge in [0.2, 0.25) is 0 Å². The predicted molar refractivity (Wildman–Crippen MR) is 72.7 cm³/mol. The second-order valence-corrected chi connectivity index (χ2v) is 7.37. The Labute approximate surface area is 111 Å². The summed E-state index contributed by atoms with van der Waals surface area (Å²) in [6.07, 6.45) is 0.462. The minimum atomic E-state index is -3.19. The highest BCUT2D eigenvalue weighted by molar-refractivity contribution is 7.90. The molecule has 1 unspecified atom stereocenters. The molecule has 0 radical (unpaired) electrons. The van der Waals surface area contributed by atoms with E-state index in [1.807, 2.05) is 18.4 Å². The van der Waals surface area contributed by atoms with Crippen LogP contribution in [0.2, 0.25) is 0 Å². The molecule has 96 valence electrons. The lowest BCUT2D eigenvalue weighted by molar-refractivity contribution is 0.220. The molecule has 0 bridgehead atoms. The molecule has 2 aromatic rings. The molecular formula is C13H14O3S2. The first kappa shape index (κ1) is 13.3. The molecule has 18 heavy (non-hydrogen) atoms. The Balaban J connectivity index is 2.30. The average molecular weight is 282 g/mol. The van der Waals surface area contributed by atoms with E-state index in [1.165, 1.54) is 18.4 Å². The van der Waals surface area contributed by atoms with Crippen molar-refractivity contribution in [2.45, 2.75) is 17.9 Å². The van der Waals surface area contributed by atoms with Crippen molar-refractivity contribution in [3.63, 3.8) is 0 Å². The lowest BCUT2D eigenvalue weighted by atomic mass is 10.0. The van der Waals surface area contributed by atoms with Crippen LogP contribution in [0.3, 0.4) is 0 Å². The predicted octanol–water partition coefficient (Wildman–Crippen LogP) is 2.54. The van der Waals surface area contributed by atoms with Gasteiger partial charge in [0.25, 0.3) is 0 Å². The lowest BCUT2D eigenvalue weighted by Gasteiger charge is -2.09. The maximum absolute atomic E-state index is 11.3. The van der Waals surface area contributed by atoms with E-state index in [2.05, 4.69) is 0 Å². The molecule has 0 spiro atoms. The van der Waals surface area contributed by atoms with E-state index in [1.54, 1.807) is 23.5 Å². The third-order valence-electron chi connectivity index (χ3n) is 2.69. The number of aliphatic hydroxyl groups is 1. The molecule has 0 aliphatic rings. The summed E-state index contributed by atoms with van der Waals surface area (Å²) in [6, 6.07) is 8.27. The molecule has 1 aromatic carbocycles. The fraction of sp³-hybridized carbons (Fsp3) is 0.231. The van der Waals surface area contributed by atoms with Crippen LogP contribution in [0.1, 0.15) is 22.1 Å². The highest BCUT2D eigenvalue weighted by Crippen LogP contribution is 2.26. The Kier molecular flexibility index (Phi) is 3.56. The highest BCUT2D eigenvalue weighted by Gasteiger charge is 2.13. The number of aryl methyl sites for hydroxylation is 1. The molecule has 1 N–H and O–H groups in total. The summed E-state index contributed by atoms with van der Waals surface area (Å²) in [5, 5.41) is 12.1. The van der Waals surface area contributed by atoms with E-state index in [0.717, 1.165) is 10.4 Å². The van der Waals surface area contributed by atoms with Crippen molar-refractivity contribution in [2.24, 2.45) is 0 Å². The van der Waals surface area contributed by atoms with Gasteiger partial charge in [0.05, 0.1) is 4.90 Å². The summed E-state index contributed by atoms with van der Waals surface area (Å²) in [7, 11) is -3.19. The number of benzene rings is 1. The van der Waals surface area contributed by atoms with Gasteiger partial charge in [-0.05, 0) is 41.6 Å². The van der Waals surface area contributed by atoms with Gasteiger partial charge in [0.1, 0.15) is 6.10 Å². The van der Waals surface area contributed by atoms with Crippen molar-refractivity contribution in [1.29, 1.82) is 0 Å². The van der Waals surface area contributed by atoms with Crippen molar-refractivity contribution in [3.05, 3.63) is 51.7 Å². The molecule has 0 fully saturated rings. The Bertz CT molecular complexity index is 639. The molecule has 3 nitrogen and oxygen atoms in total. The molecule has 1 aromatic heterocycles. The third kappa shape index (κ3) is 2.80. The van der Waals surface area contributed by atoms with Crippen molar-refractivity contribution < 1.29 is 13.5 Å².